The minimum atomic E-state index is -1.37. The first-order chi connectivity index (χ1) is 25.8. The minimum Gasteiger partial charge on any atom is -0.481 e. The van der Waals surface area contributed by atoms with E-state index >= 15 is 0 Å². The lowest BCUT2D eigenvalue weighted by molar-refractivity contribution is -0.410. The number of aliphatic hydroxyl groups is 3. The van der Waals surface area contributed by atoms with Crippen molar-refractivity contribution in [1.29, 1.82) is 0 Å². The van der Waals surface area contributed by atoms with Crippen molar-refractivity contribution >= 4 is 11.8 Å². The molecule has 11 heteroatoms. The highest BCUT2D eigenvalue weighted by Crippen LogP contribution is 2.55. The Morgan fingerprint density at radius 1 is 0.818 bits per heavy atom. The van der Waals surface area contributed by atoms with Crippen molar-refractivity contribution in [2.24, 2.45) is 47.3 Å². The first-order valence-corrected chi connectivity index (χ1v) is 21.7. The predicted octanol–water partition coefficient (Wildman–Crippen LogP) is 6.82. The molecule has 4 fully saturated rings. The third-order valence-electron chi connectivity index (χ3n) is 15.2. The Hall–Kier alpha value is -1.44. The fourth-order valence-electron chi connectivity index (χ4n) is 11.3. The van der Waals surface area contributed by atoms with Gasteiger partial charge in [-0.2, -0.15) is 0 Å². The topological polar surface area (TPSA) is 161 Å². The van der Waals surface area contributed by atoms with Crippen molar-refractivity contribution in [3.05, 3.63) is 12.2 Å². The SMILES string of the molecule is CC[C@@H](C(=O)O)[C@@H]1O[C@@H]([C@@H](C)[C@H](O)[C@H](C)C(=O)[C@H](CC)[C@H]2O[C@]3(C=C[C@@H](O)[C@]4(CCC(CC)([C@H]5CC[C@](O)(CC)[C@H](C)O5)O4)O3)[C@H](C)C[C@H]2C)[C@H](C)C[C@@H]1C. The van der Waals surface area contributed by atoms with Gasteiger partial charge in [0.15, 0.2) is 5.79 Å². The van der Waals surface area contributed by atoms with Gasteiger partial charge in [0.25, 0.3) is 0 Å². The fraction of sp³-hybridized carbons (Fsp3) is 0.909. The zero-order valence-corrected chi connectivity index (χ0v) is 35.5. The maximum Gasteiger partial charge on any atom is 0.309 e. The third-order valence-corrected chi connectivity index (χ3v) is 15.2. The van der Waals surface area contributed by atoms with Crippen LogP contribution in [-0.2, 0) is 33.3 Å². The number of carbonyl (C=O) groups excluding carboxylic acids is 1. The Bertz CT molecular complexity index is 1370. The van der Waals surface area contributed by atoms with Gasteiger partial charge in [0.05, 0.1) is 53.7 Å². The van der Waals surface area contributed by atoms with E-state index in [4.69, 9.17) is 23.7 Å². The lowest BCUT2D eigenvalue weighted by Gasteiger charge is -2.54. The van der Waals surface area contributed by atoms with Crippen molar-refractivity contribution < 1.29 is 53.7 Å². The summed E-state index contributed by atoms with van der Waals surface area (Å²) in [7, 11) is 0. The second-order valence-electron chi connectivity index (χ2n) is 18.6. The van der Waals surface area contributed by atoms with Gasteiger partial charge >= 0.3 is 5.97 Å². The van der Waals surface area contributed by atoms with E-state index in [1.54, 1.807) is 19.1 Å². The van der Waals surface area contributed by atoms with Gasteiger partial charge in [-0.05, 0) is 94.6 Å². The molecule has 0 radical (unpaired) electrons. The van der Waals surface area contributed by atoms with Gasteiger partial charge in [-0.1, -0.05) is 69.2 Å². The molecule has 1 unspecified atom stereocenters. The largest absolute Gasteiger partial charge is 0.481 e. The van der Waals surface area contributed by atoms with E-state index in [-0.39, 0.29) is 47.8 Å². The third kappa shape index (κ3) is 8.13. The zero-order valence-electron chi connectivity index (χ0n) is 35.5. The quantitative estimate of drug-likeness (QED) is 0.145. The maximum absolute atomic E-state index is 14.5. The standard InChI is InChI=1S/C44H74O11/c1-12-31(36(47)28(9)35(46)29(10)37-24(5)22-25(6)38(52-37)32(13-2)40(48)49)39-26(7)23-27(8)43(53-39)19-16-33(45)44(55-43)21-20-42(15-4,54-44)34-17-18-41(50,14-3)30(11)51-34/h16,19,24-35,37-39,45-46,50H,12-15,17-18,20-23H2,1-11H3,(H,48,49)/t24-,25+,26-,27-,28+,29+,30+,31+,32-,33-,34-,35-,37-,38-,39+,41-,42?,43+,44+/m1/s1. The molecule has 316 valence electrons. The first kappa shape index (κ1) is 44.7. The molecule has 5 aliphatic heterocycles. The number of ether oxygens (including phenoxy) is 5. The van der Waals surface area contributed by atoms with Crippen LogP contribution in [-0.4, -0.2) is 97.7 Å². The van der Waals surface area contributed by atoms with Crippen molar-refractivity contribution in [3.8, 4) is 0 Å². The van der Waals surface area contributed by atoms with Crippen LogP contribution in [0.1, 0.15) is 140 Å². The van der Waals surface area contributed by atoms with Crippen molar-refractivity contribution in [1.82, 2.24) is 0 Å². The molecule has 0 aliphatic carbocycles. The number of aliphatic hydroxyl groups excluding tert-OH is 2. The zero-order chi connectivity index (χ0) is 40.8. The highest BCUT2D eigenvalue weighted by Gasteiger charge is 2.64. The van der Waals surface area contributed by atoms with Gasteiger partial charge in [-0.15, -0.1) is 0 Å². The number of rotatable bonds is 13. The van der Waals surface area contributed by atoms with E-state index < -0.39 is 76.8 Å². The van der Waals surface area contributed by atoms with Crippen LogP contribution >= 0.6 is 0 Å². The molecule has 11 nitrogen and oxygen atoms in total. The van der Waals surface area contributed by atoms with Crippen LogP contribution in [0, 0.1) is 47.3 Å². The van der Waals surface area contributed by atoms with Crippen molar-refractivity contribution in [2.75, 3.05) is 0 Å². The molecular formula is C44H74O11. The van der Waals surface area contributed by atoms with E-state index in [0.29, 0.717) is 57.8 Å². The summed E-state index contributed by atoms with van der Waals surface area (Å²) in [6, 6.07) is 0. The van der Waals surface area contributed by atoms with E-state index in [9.17, 15) is 30.0 Å². The van der Waals surface area contributed by atoms with Crippen molar-refractivity contribution in [2.45, 2.75) is 206 Å². The molecule has 19 atom stereocenters. The van der Waals surface area contributed by atoms with Crippen LogP contribution in [0.15, 0.2) is 12.2 Å². The highest BCUT2D eigenvalue weighted by atomic mass is 16.8. The Kier molecular flexibility index (Phi) is 13.8. The van der Waals surface area contributed by atoms with E-state index in [2.05, 4.69) is 27.7 Å². The summed E-state index contributed by atoms with van der Waals surface area (Å²) in [5, 5.41) is 44.4. The Labute approximate surface area is 330 Å². The first-order valence-electron chi connectivity index (χ1n) is 21.7. The second-order valence-corrected chi connectivity index (χ2v) is 18.6. The van der Waals surface area contributed by atoms with E-state index in [1.807, 2.05) is 41.5 Å². The molecule has 0 aromatic rings. The molecule has 0 bridgehead atoms. The second kappa shape index (κ2) is 17.0. The molecule has 0 aromatic heterocycles. The van der Waals surface area contributed by atoms with E-state index in [1.165, 1.54) is 0 Å². The normalized spacial score (nSPS) is 46.3. The number of aliphatic carboxylic acids is 1. The van der Waals surface area contributed by atoms with Crippen LogP contribution in [0.25, 0.3) is 0 Å². The molecule has 5 aliphatic rings. The van der Waals surface area contributed by atoms with Gasteiger partial charge in [-0.3, -0.25) is 9.59 Å². The average Bonchev–Trinajstić information content (AvgIpc) is 3.53. The molecule has 0 aromatic carbocycles. The van der Waals surface area contributed by atoms with Gasteiger partial charge in [0, 0.05) is 30.1 Å². The molecule has 5 rings (SSSR count). The number of carbonyl (C=O) groups is 2. The highest BCUT2D eigenvalue weighted by molar-refractivity contribution is 5.84. The lowest BCUT2D eigenvalue weighted by atomic mass is 9.72. The van der Waals surface area contributed by atoms with Crippen LogP contribution < -0.4 is 0 Å². The van der Waals surface area contributed by atoms with Crippen LogP contribution in [0.2, 0.25) is 0 Å². The summed E-state index contributed by atoms with van der Waals surface area (Å²) in [4.78, 5) is 26.6. The van der Waals surface area contributed by atoms with Gasteiger partial charge in [0.1, 0.15) is 11.9 Å². The summed E-state index contributed by atoms with van der Waals surface area (Å²) in [6.07, 6.45) is 5.50. The Morgan fingerprint density at radius 2 is 1.45 bits per heavy atom. The summed E-state index contributed by atoms with van der Waals surface area (Å²) in [5.41, 5.74) is -1.59. The Balaban J connectivity index is 1.33. The Morgan fingerprint density at radius 3 is 2.04 bits per heavy atom. The number of hydrogen-bond acceptors (Lipinski definition) is 10. The molecule has 4 saturated heterocycles. The lowest BCUT2D eigenvalue weighted by Crippen LogP contribution is -2.63. The summed E-state index contributed by atoms with van der Waals surface area (Å²) in [6.45, 7) is 21.8. The number of ketones is 1. The van der Waals surface area contributed by atoms with Crippen LogP contribution in [0.4, 0.5) is 0 Å². The average molecular weight is 779 g/mol. The van der Waals surface area contributed by atoms with Gasteiger partial charge < -0.3 is 44.1 Å². The summed E-state index contributed by atoms with van der Waals surface area (Å²) >= 11 is 0. The number of hydrogen-bond donors (Lipinski definition) is 4. The van der Waals surface area contributed by atoms with Gasteiger partial charge in [0.2, 0.25) is 5.79 Å². The monoisotopic (exact) mass is 779 g/mol. The van der Waals surface area contributed by atoms with E-state index in [0.717, 1.165) is 6.42 Å². The van der Waals surface area contributed by atoms with Gasteiger partial charge in [-0.25, -0.2) is 0 Å². The molecule has 0 amide bonds. The molecule has 4 N–H and O–H groups in total. The fourth-order valence-corrected chi connectivity index (χ4v) is 11.3. The summed E-state index contributed by atoms with van der Waals surface area (Å²) < 4.78 is 34.0. The maximum atomic E-state index is 14.5. The predicted molar refractivity (Wildman–Crippen MR) is 208 cm³/mol. The minimum absolute atomic E-state index is 0.00991. The summed E-state index contributed by atoms with van der Waals surface area (Å²) in [5.74, 6) is -5.80. The van der Waals surface area contributed by atoms with Crippen LogP contribution in [0.5, 0.6) is 0 Å². The van der Waals surface area contributed by atoms with Crippen molar-refractivity contribution in [3.63, 3.8) is 0 Å². The number of Topliss-reactive ketones (excluding diaryl/α,β-unsaturated/α-hetero) is 1. The smallest absolute Gasteiger partial charge is 0.309 e. The molecule has 0 saturated carbocycles. The number of carboxylic acids is 1. The molecule has 5 heterocycles. The molecule has 2 spiro atoms. The van der Waals surface area contributed by atoms with Crippen LogP contribution in [0.3, 0.4) is 0 Å². The molecular weight excluding hydrogens is 704 g/mol. The number of carboxylic acid groups (broad SMARTS) is 1. The molecule has 55 heavy (non-hydrogen) atoms.